The number of hydrogen-bond donors (Lipinski definition) is 1. The molecule has 0 rings (SSSR count). The molecule has 0 aromatic rings. The van der Waals surface area contributed by atoms with Gasteiger partial charge < -0.3 is 5.32 Å². The molecule has 2 heteroatoms. The van der Waals surface area contributed by atoms with Gasteiger partial charge in [0.15, 0.2) is 0 Å². The smallest absolute Gasteiger partial charge is 0.220 e. The predicted molar refractivity (Wildman–Crippen MR) is 65.8 cm³/mol. The molecular weight excluding hydrogens is 186 g/mol. The summed E-state index contributed by atoms with van der Waals surface area (Å²) in [6.07, 6.45) is 3.74. The lowest BCUT2D eigenvalue weighted by Crippen LogP contribution is -2.47. The first-order valence-corrected chi connectivity index (χ1v) is 6.09. The molecule has 0 aromatic heterocycles. The number of amides is 1. The molecule has 0 aliphatic rings. The van der Waals surface area contributed by atoms with Crippen molar-refractivity contribution in [2.45, 2.75) is 72.8 Å². The van der Waals surface area contributed by atoms with Gasteiger partial charge in [0.05, 0.1) is 0 Å². The molecule has 1 atom stereocenters. The molecule has 0 aromatic carbocycles. The maximum absolute atomic E-state index is 11.4. The molecule has 0 bridgehead atoms. The van der Waals surface area contributed by atoms with Crippen LogP contribution in [0.25, 0.3) is 0 Å². The van der Waals surface area contributed by atoms with Crippen molar-refractivity contribution >= 4 is 5.91 Å². The van der Waals surface area contributed by atoms with Crippen LogP contribution >= 0.6 is 0 Å². The average molecular weight is 213 g/mol. The van der Waals surface area contributed by atoms with Crippen molar-refractivity contribution in [3.63, 3.8) is 0 Å². The van der Waals surface area contributed by atoms with Gasteiger partial charge in [-0.05, 0) is 25.2 Å². The molecule has 0 radical (unpaired) electrons. The Kier molecular flexibility index (Phi) is 5.33. The molecule has 1 N–H and O–H groups in total. The van der Waals surface area contributed by atoms with Gasteiger partial charge in [0, 0.05) is 12.0 Å². The largest absolute Gasteiger partial charge is 0.351 e. The quantitative estimate of drug-likeness (QED) is 0.718. The van der Waals surface area contributed by atoms with Crippen molar-refractivity contribution in [3.05, 3.63) is 0 Å². The van der Waals surface area contributed by atoms with E-state index in [-0.39, 0.29) is 11.4 Å². The summed E-state index contributed by atoms with van der Waals surface area (Å²) in [6, 6.07) is 0. The summed E-state index contributed by atoms with van der Waals surface area (Å²) < 4.78 is 0. The summed E-state index contributed by atoms with van der Waals surface area (Å²) in [6.45, 7) is 12.9. The zero-order valence-electron chi connectivity index (χ0n) is 11.2. The number of carbonyl (C=O) groups is 1. The molecule has 0 fully saturated rings. The van der Waals surface area contributed by atoms with E-state index in [9.17, 15) is 4.79 Å². The van der Waals surface area contributed by atoms with Crippen molar-refractivity contribution in [1.82, 2.24) is 5.32 Å². The van der Waals surface area contributed by atoms with E-state index < -0.39 is 0 Å². The second-order valence-electron chi connectivity index (χ2n) is 5.51. The highest BCUT2D eigenvalue weighted by Crippen LogP contribution is 2.32. The Morgan fingerprint density at radius 2 is 1.60 bits per heavy atom. The summed E-state index contributed by atoms with van der Waals surface area (Å²) in [5, 5.41) is 3.14. The second-order valence-corrected chi connectivity index (χ2v) is 5.51. The van der Waals surface area contributed by atoms with Crippen molar-refractivity contribution in [3.8, 4) is 0 Å². The van der Waals surface area contributed by atoms with Gasteiger partial charge in [-0.2, -0.15) is 0 Å². The minimum Gasteiger partial charge on any atom is -0.351 e. The van der Waals surface area contributed by atoms with Gasteiger partial charge in [-0.25, -0.2) is 0 Å². The van der Waals surface area contributed by atoms with Crippen LogP contribution in [0.1, 0.15) is 67.2 Å². The van der Waals surface area contributed by atoms with Crippen LogP contribution in [-0.2, 0) is 4.79 Å². The lowest BCUT2D eigenvalue weighted by molar-refractivity contribution is -0.122. The van der Waals surface area contributed by atoms with E-state index in [1.165, 1.54) is 0 Å². The summed E-state index contributed by atoms with van der Waals surface area (Å²) in [4.78, 5) is 11.4. The maximum Gasteiger partial charge on any atom is 0.220 e. The Labute approximate surface area is 94.8 Å². The highest BCUT2D eigenvalue weighted by Gasteiger charge is 2.30. The first kappa shape index (κ1) is 14.5. The normalized spacial score (nSPS) is 15.9. The highest BCUT2D eigenvalue weighted by molar-refractivity contribution is 5.76. The van der Waals surface area contributed by atoms with Crippen molar-refractivity contribution in [1.29, 1.82) is 0 Å². The molecule has 0 aliphatic heterocycles. The fourth-order valence-corrected chi connectivity index (χ4v) is 1.86. The summed E-state index contributed by atoms with van der Waals surface area (Å²) in [5.41, 5.74) is 0.248. The Bertz CT molecular complexity index is 211. The van der Waals surface area contributed by atoms with E-state index >= 15 is 0 Å². The Balaban J connectivity index is 4.50. The van der Waals surface area contributed by atoms with Crippen LogP contribution < -0.4 is 5.32 Å². The van der Waals surface area contributed by atoms with E-state index in [0.29, 0.717) is 11.8 Å². The van der Waals surface area contributed by atoms with Crippen LogP contribution in [0, 0.1) is 5.41 Å². The molecule has 15 heavy (non-hydrogen) atoms. The van der Waals surface area contributed by atoms with E-state index in [0.717, 1.165) is 19.3 Å². The van der Waals surface area contributed by atoms with Gasteiger partial charge in [0.25, 0.3) is 0 Å². The van der Waals surface area contributed by atoms with Crippen molar-refractivity contribution in [2.75, 3.05) is 0 Å². The van der Waals surface area contributed by atoms with Gasteiger partial charge in [-0.3, -0.25) is 4.79 Å². The molecule has 1 amide bonds. The minimum atomic E-state index is -0.0490. The molecule has 0 heterocycles. The van der Waals surface area contributed by atoms with Gasteiger partial charge in [-0.1, -0.05) is 41.0 Å². The van der Waals surface area contributed by atoms with E-state index in [1.54, 1.807) is 0 Å². The molecule has 1 unspecified atom stereocenters. The van der Waals surface area contributed by atoms with E-state index in [2.05, 4.69) is 39.9 Å². The molecule has 2 nitrogen and oxygen atoms in total. The summed E-state index contributed by atoms with van der Waals surface area (Å²) in [7, 11) is 0. The van der Waals surface area contributed by atoms with E-state index in [4.69, 9.17) is 0 Å². The number of hydrogen-bond acceptors (Lipinski definition) is 1. The van der Waals surface area contributed by atoms with Crippen molar-refractivity contribution in [2.24, 2.45) is 5.41 Å². The molecule has 0 spiro atoms. The number of rotatable bonds is 6. The van der Waals surface area contributed by atoms with Gasteiger partial charge in [0.1, 0.15) is 0 Å². The molecule has 0 saturated heterocycles. The zero-order chi connectivity index (χ0) is 12.1. The third-order valence-electron chi connectivity index (χ3n) is 3.37. The fraction of sp³-hybridized carbons (Fsp3) is 0.923. The molecular formula is C13H27NO. The molecule has 90 valence electrons. The molecule has 0 aliphatic carbocycles. The second kappa shape index (κ2) is 5.53. The lowest BCUT2D eigenvalue weighted by Gasteiger charge is -2.37. The third-order valence-corrected chi connectivity index (χ3v) is 3.37. The average Bonchev–Trinajstić information content (AvgIpc) is 2.17. The standard InChI is InChI=1S/C13H27NO/c1-7-11(15)14-13(6,9-3)10-12(4,5)8-2/h7-10H2,1-6H3,(H,14,15). The lowest BCUT2D eigenvalue weighted by atomic mass is 9.76. The SMILES string of the molecule is CCC(=O)NC(C)(CC)CC(C)(C)CC. The Morgan fingerprint density at radius 1 is 1.07 bits per heavy atom. The first-order chi connectivity index (χ1) is 6.78. The van der Waals surface area contributed by atoms with Gasteiger partial charge in [-0.15, -0.1) is 0 Å². The Hall–Kier alpha value is -0.530. The Morgan fingerprint density at radius 3 is 1.93 bits per heavy atom. The van der Waals surface area contributed by atoms with Gasteiger partial charge in [0.2, 0.25) is 5.91 Å². The molecule has 0 saturated carbocycles. The highest BCUT2D eigenvalue weighted by atomic mass is 16.1. The van der Waals surface area contributed by atoms with Crippen LogP contribution in [0.3, 0.4) is 0 Å². The maximum atomic E-state index is 11.4. The monoisotopic (exact) mass is 213 g/mol. The third kappa shape index (κ3) is 5.19. The first-order valence-electron chi connectivity index (χ1n) is 6.09. The van der Waals surface area contributed by atoms with Crippen LogP contribution in [0.5, 0.6) is 0 Å². The van der Waals surface area contributed by atoms with Gasteiger partial charge >= 0.3 is 0 Å². The fourth-order valence-electron chi connectivity index (χ4n) is 1.86. The van der Waals surface area contributed by atoms with Crippen molar-refractivity contribution < 1.29 is 4.79 Å². The van der Waals surface area contributed by atoms with Crippen LogP contribution in [0.15, 0.2) is 0 Å². The summed E-state index contributed by atoms with van der Waals surface area (Å²) >= 11 is 0. The van der Waals surface area contributed by atoms with E-state index in [1.807, 2.05) is 6.92 Å². The number of carbonyl (C=O) groups excluding carboxylic acids is 1. The van der Waals surface area contributed by atoms with Crippen LogP contribution in [-0.4, -0.2) is 11.4 Å². The minimum absolute atomic E-state index is 0.0490. The van der Waals surface area contributed by atoms with Crippen LogP contribution in [0.4, 0.5) is 0 Å². The van der Waals surface area contributed by atoms with Crippen LogP contribution in [0.2, 0.25) is 0 Å². The predicted octanol–water partition coefficient (Wildman–Crippen LogP) is 3.51. The topological polar surface area (TPSA) is 29.1 Å². The summed E-state index contributed by atoms with van der Waals surface area (Å²) in [5.74, 6) is 0.159. The number of nitrogens with one attached hydrogen (secondary N) is 1. The zero-order valence-corrected chi connectivity index (χ0v) is 11.2.